The Bertz CT molecular complexity index is 1500. The Morgan fingerprint density at radius 1 is 0.743 bits per heavy atom. The van der Waals surface area contributed by atoms with Crippen LogP contribution in [-0.4, -0.2) is 47.6 Å². The highest BCUT2D eigenvalue weighted by atomic mass is 32.2. The average Bonchev–Trinajstić information content (AvgIpc) is 2.91. The fraction of sp³-hybridized carbons (Fsp3) is 0.154. The molecule has 0 aliphatic carbocycles. The first-order valence-electron chi connectivity index (χ1n) is 10.5. The van der Waals surface area contributed by atoms with Gasteiger partial charge in [-0.2, -0.15) is 0 Å². The number of fused-ring (bicyclic) bond motifs is 1. The van der Waals surface area contributed by atoms with Gasteiger partial charge in [-0.25, -0.2) is 8.42 Å². The molecule has 0 aliphatic rings. The molecule has 1 heterocycles. The van der Waals surface area contributed by atoms with Crippen molar-refractivity contribution in [3.63, 3.8) is 0 Å². The van der Waals surface area contributed by atoms with Gasteiger partial charge in [-0.05, 0) is 54.6 Å². The van der Waals surface area contributed by atoms with Gasteiger partial charge in [0.2, 0.25) is 9.84 Å². The van der Waals surface area contributed by atoms with E-state index in [1.54, 1.807) is 42.5 Å². The van der Waals surface area contributed by atoms with E-state index >= 15 is 0 Å². The topological polar surface area (TPSA) is 101 Å². The van der Waals surface area contributed by atoms with Crippen LogP contribution in [0.2, 0.25) is 0 Å². The molecule has 9 heteroatoms. The molecule has 0 radical (unpaired) electrons. The van der Waals surface area contributed by atoms with Crippen molar-refractivity contribution in [2.75, 3.05) is 28.4 Å². The molecule has 0 atom stereocenters. The highest BCUT2D eigenvalue weighted by molar-refractivity contribution is 7.91. The third kappa shape index (κ3) is 4.38. The van der Waals surface area contributed by atoms with Crippen molar-refractivity contribution in [2.24, 2.45) is 0 Å². The first-order valence-corrected chi connectivity index (χ1v) is 11.9. The molecule has 4 rings (SSSR count). The number of nitrogens with zero attached hydrogens (tertiary/aromatic N) is 1. The lowest BCUT2D eigenvalue weighted by atomic mass is 10.0. The SMILES string of the molecule is COc1ccc(C(=O)c2cnc3cc(OC)c(OC)cc3c2S(=O)(=O)c2ccc(OC)cc2)cc1. The standard InChI is InChI=1S/C26H23NO7S/c1-31-17-7-5-16(6-8-17)25(28)21-15-27-22-14-24(34-4)23(33-3)13-20(22)26(21)35(29,30)19-11-9-18(32-2)10-12-19/h5-15H,1-4H3. The van der Waals surface area contributed by atoms with Crippen molar-refractivity contribution in [1.82, 2.24) is 4.98 Å². The van der Waals surface area contributed by atoms with Crippen LogP contribution >= 0.6 is 0 Å². The number of carbonyl (C=O) groups excluding carboxylic acids is 1. The van der Waals surface area contributed by atoms with Gasteiger partial charge < -0.3 is 18.9 Å². The fourth-order valence-corrected chi connectivity index (χ4v) is 5.33. The molecular formula is C26H23NO7S. The fourth-order valence-electron chi connectivity index (χ4n) is 3.72. The molecule has 0 saturated carbocycles. The van der Waals surface area contributed by atoms with Crippen LogP contribution in [0.1, 0.15) is 15.9 Å². The summed E-state index contributed by atoms with van der Waals surface area (Å²) >= 11 is 0. The van der Waals surface area contributed by atoms with Crippen molar-refractivity contribution >= 4 is 26.5 Å². The first kappa shape index (κ1) is 24.0. The summed E-state index contributed by atoms with van der Waals surface area (Å²) in [4.78, 5) is 17.8. The summed E-state index contributed by atoms with van der Waals surface area (Å²) in [6.45, 7) is 0. The molecule has 180 valence electrons. The maximum absolute atomic E-state index is 13.9. The molecule has 1 aromatic heterocycles. The molecule has 4 aromatic rings. The molecule has 0 bridgehead atoms. The van der Waals surface area contributed by atoms with Crippen LogP contribution in [-0.2, 0) is 9.84 Å². The quantitative estimate of drug-likeness (QED) is 0.334. The van der Waals surface area contributed by atoms with E-state index in [9.17, 15) is 13.2 Å². The smallest absolute Gasteiger partial charge is 0.208 e. The maximum atomic E-state index is 13.9. The minimum atomic E-state index is -4.17. The Kier molecular flexibility index (Phi) is 6.61. The van der Waals surface area contributed by atoms with Gasteiger partial charge in [-0.15, -0.1) is 0 Å². The summed E-state index contributed by atoms with van der Waals surface area (Å²) in [6, 6.07) is 15.5. The monoisotopic (exact) mass is 493 g/mol. The van der Waals surface area contributed by atoms with Crippen LogP contribution in [0, 0.1) is 0 Å². The number of pyridine rings is 1. The number of aromatic nitrogens is 1. The number of benzene rings is 3. The highest BCUT2D eigenvalue weighted by Crippen LogP contribution is 2.38. The largest absolute Gasteiger partial charge is 0.497 e. The lowest BCUT2D eigenvalue weighted by molar-refractivity contribution is 0.103. The second-order valence-corrected chi connectivity index (χ2v) is 9.35. The lowest BCUT2D eigenvalue weighted by Crippen LogP contribution is -2.13. The van der Waals surface area contributed by atoms with Gasteiger partial charge in [-0.3, -0.25) is 9.78 Å². The number of methoxy groups -OCH3 is 4. The van der Waals surface area contributed by atoms with Gasteiger partial charge in [0.05, 0.1) is 49.3 Å². The number of sulfone groups is 1. The summed E-state index contributed by atoms with van der Waals surface area (Å²) in [5, 5.41) is 0.234. The third-order valence-electron chi connectivity index (χ3n) is 5.56. The average molecular weight is 494 g/mol. The third-order valence-corrected chi connectivity index (χ3v) is 7.43. The van der Waals surface area contributed by atoms with Crippen molar-refractivity contribution in [1.29, 1.82) is 0 Å². The summed E-state index contributed by atoms with van der Waals surface area (Å²) in [6.07, 6.45) is 1.28. The van der Waals surface area contributed by atoms with E-state index in [-0.39, 0.29) is 20.7 Å². The van der Waals surface area contributed by atoms with Gasteiger partial charge in [0.15, 0.2) is 17.3 Å². The second-order valence-electron chi connectivity index (χ2n) is 7.46. The molecule has 0 saturated heterocycles. The minimum Gasteiger partial charge on any atom is -0.497 e. The zero-order chi connectivity index (χ0) is 25.2. The zero-order valence-electron chi connectivity index (χ0n) is 19.6. The Balaban J connectivity index is 2.02. The van der Waals surface area contributed by atoms with E-state index in [4.69, 9.17) is 18.9 Å². The van der Waals surface area contributed by atoms with E-state index in [2.05, 4.69) is 4.98 Å². The van der Waals surface area contributed by atoms with Gasteiger partial charge >= 0.3 is 0 Å². The first-order chi connectivity index (χ1) is 16.8. The van der Waals surface area contributed by atoms with Gasteiger partial charge in [0.1, 0.15) is 11.5 Å². The lowest BCUT2D eigenvalue weighted by Gasteiger charge is -2.15. The molecule has 8 nitrogen and oxygen atoms in total. The number of hydrogen-bond acceptors (Lipinski definition) is 8. The molecule has 0 spiro atoms. The summed E-state index contributed by atoms with van der Waals surface area (Å²) in [7, 11) is 1.76. The van der Waals surface area contributed by atoms with Crippen LogP contribution in [0.5, 0.6) is 23.0 Å². The number of ketones is 1. The Morgan fingerprint density at radius 2 is 1.29 bits per heavy atom. The molecule has 0 fully saturated rings. The van der Waals surface area contributed by atoms with Crippen molar-refractivity contribution in [3.05, 3.63) is 78.0 Å². The van der Waals surface area contributed by atoms with Crippen LogP contribution in [0.4, 0.5) is 0 Å². The van der Waals surface area contributed by atoms with Crippen molar-refractivity contribution in [2.45, 2.75) is 9.79 Å². The Morgan fingerprint density at radius 3 is 1.83 bits per heavy atom. The molecule has 0 amide bonds. The Hall–Kier alpha value is -4.11. The van der Waals surface area contributed by atoms with E-state index in [0.29, 0.717) is 34.1 Å². The predicted octanol–water partition coefficient (Wildman–Crippen LogP) is 4.33. The number of hydrogen-bond donors (Lipinski definition) is 0. The number of rotatable bonds is 8. The summed E-state index contributed by atoms with van der Waals surface area (Å²) in [5.74, 6) is 1.27. The normalized spacial score (nSPS) is 11.2. The van der Waals surface area contributed by atoms with Gasteiger partial charge in [0.25, 0.3) is 0 Å². The van der Waals surface area contributed by atoms with Crippen LogP contribution in [0.25, 0.3) is 10.9 Å². The van der Waals surface area contributed by atoms with E-state index in [1.165, 1.54) is 52.8 Å². The van der Waals surface area contributed by atoms with Crippen LogP contribution in [0.15, 0.2) is 76.7 Å². The van der Waals surface area contributed by atoms with E-state index in [1.807, 2.05) is 0 Å². The number of carbonyl (C=O) groups is 1. The maximum Gasteiger partial charge on any atom is 0.208 e. The van der Waals surface area contributed by atoms with Crippen LogP contribution < -0.4 is 18.9 Å². The van der Waals surface area contributed by atoms with Gasteiger partial charge in [0, 0.05) is 23.2 Å². The van der Waals surface area contributed by atoms with Crippen molar-refractivity contribution in [3.8, 4) is 23.0 Å². The van der Waals surface area contributed by atoms with Crippen LogP contribution in [0.3, 0.4) is 0 Å². The number of ether oxygens (including phenoxy) is 4. The molecule has 3 aromatic carbocycles. The highest BCUT2D eigenvalue weighted by Gasteiger charge is 2.29. The predicted molar refractivity (Wildman–Crippen MR) is 130 cm³/mol. The second kappa shape index (κ2) is 9.63. The van der Waals surface area contributed by atoms with Crippen molar-refractivity contribution < 1.29 is 32.2 Å². The minimum absolute atomic E-state index is 0.00404. The molecule has 0 aliphatic heterocycles. The molecular weight excluding hydrogens is 470 g/mol. The van der Waals surface area contributed by atoms with Gasteiger partial charge in [-0.1, -0.05) is 0 Å². The van der Waals surface area contributed by atoms with E-state index in [0.717, 1.165) is 0 Å². The molecule has 0 N–H and O–H groups in total. The molecule has 35 heavy (non-hydrogen) atoms. The summed E-state index contributed by atoms with van der Waals surface area (Å²) in [5.41, 5.74) is 0.560. The Labute approximate surface area is 203 Å². The summed E-state index contributed by atoms with van der Waals surface area (Å²) < 4.78 is 48.9. The molecule has 0 unspecified atom stereocenters. The van der Waals surface area contributed by atoms with E-state index < -0.39 is 15.6 Å². The zero-order valence-corrected chi connectivity index (χ0v) is 20.4.